The number of carbonyl (C=O) groups excluding carboxylic acids is 1. The molecule has 1 amide bonds. The quantitative estimate of drug-likeness (QED) is 0.790. The Kier molecular flexibility index (Phi) is 6.12. The first-order chi connectivity index (χ1) is 12.8. The number of nitrogens with zero attached hydrogens (tertiary/aromatic N) is 4. The highest BCUT2D eigenvalue weighted by Gasteiger charge is 2.27. The van der Waals surface area contributed by atoms with Crippen LogP contribution in [0.15, 0.2) is 24.3 Å². The van der Waals surface area contributed by atoms with Crippen molar-refractivity contribution in [3.8, 4) is 0 Å². The second kappa shape index (κ2) is 8.36. The van der Waals surface area contributed by atoms with Gasteiger partial charge in [0.25, 0.3) is 0 Å². The van der Waals surface area contributed by atoms with E-state index in [1.165, 1.54) is 5.56 Å². The van der Waals surface area contributed by atoms with Gasteiger partial charge in [-0.15, -0.1) is 0 Å². The third kappa shape index (κ3) is 4.85. The van der Waals surface area contributed by atoms with Gasteiger partial charge in [0.1, 0.15) is 5.82 Å². The van der Waals surface area contributed by atoms with Gasteiger partial charge in [0.15, 0.2) is 0 Å². The lowest BCUT2D eigenvalue weighted by atomic mass is 10.0. The smallest absolute Gasteiger partial charge is 0.226 e. The monoisotopic (exact) mass is 386 g/mol. The van der Waals surface area contributed by atoms with E-state index in [2.05, 4.69) is 11.0 Å². The van der Waals surface area contributed by atoms with Crippen molar-refractivity contribution in [3.63, 3.8) is 0 Å². The van der Waals surface area contributed by atoms with Gasteiger partial charge in [-0.05, 0) is 44.5 Å². The summed E-state index contributed by atoms with van der Waals surface area (Å²) in [5.74, 6) is 1.31. The molecule has 1 saturated heterocycles. The van der Waals surface area contributed by atoms with E-state index in [0.717, 1.165) is 53.9 Å². The van der Waals surface area contributed by atoms with Gasteiger partial charge in [-0.2, -0.15) is 0 Å². The highest BCUT2D eigenvalue weighted by atomic mass is 35.5. The number of rotatable bonds is 5. The van der Waals surface area contributed by atoms with Gasteiger partial charge in [0.05, 0.1) is 6.42 Å². The largest absolute Gasteiger partial charge is 0.349 e. The predicted octanol–water partition coefficient (Wildman–Crippen LogP) is 3.37. The molecule has 2 heterocycles. The number of likely N-dealkylation sites (tertiary alicyclic amines) is 1. The maximum absolute atomic E-state index is 12.1. The van der Waals surface area contributed by atoms with Crippen LogP contribution in [-0.4, -0.2) is 52.9 Å². The average Bonchev–Trinajstić information content (AvgIpc) is 3.06. The molecule has 1 aromatic heterocycles. The van der Waals surface area contributed by atoms with Crippen molar-refractivity contribution in [2.75, 3.05) is 27.2 Å². The number of hydrogen-bond donors (Lipinski definition) is 0. The second-order valence-corrected chi connectivity index (χ2v) is 7.98. The number of likely N-dealkylation sites (N-methyl/N-ethyl adjacent to an activating group) is 1. The molecular weight excluding hydrogens is 360 g/mol. The minimum Gasteiger partial charge on any atom is -0.349 e. The van der Waals surface area contributed by atoms with Gasteiger partial charge in [0.2, 0.25) is 5.91 Å². The summed E-state index contributed by atoms with van der Waals surface area (Å²) >= 11 is 6.09. The number of benzene rings is 1. The molecule has 5 nitrogen and oxygen atoms in total. The lowest BCUT2D eigenvalue weighted by Crippen LogP contribution is -2.25. The average molecular weight is 387 g/mol. The van der Waals surface area contributed by atoms with Crippen LogP contribution in [0.3, 0.4) is 0 Å². The fraction of sp³-hybridized carbons (Fsp3) is 0.476. The normalized spacial score (nSPS) is 17.3. The lowest BCUT2D eigenvalue weighted by Gasteiger charge is -2.17. The maximum Gasteiger partial charge on any atom is 0.226 e. The van der Waals surface area contributed by atoms with E-state index in [9.17, 15) is 4.79 Å². The molecule has 0 radical (unpaired) electrons. The number of aromatic nitrogens is 2. The summed E-state index contributed by atoms with van der Waals surface area (Å²) in [5, 5.41) is 0.778. The molecule has 1 aliphatic rings. The van der Waals surface area contributed by atoms with Crippen molar-refractivity contribution in [1.29, 1.82) is 0 Å². The van der Waals surface area contributed by atoms with E-state index >= 15 is 0 Å². The fourth-order valence-corrected chi connectivity index (χ4v) is 3.81. The Morgan fingerprint density at radius 2 is 1.96 bits per heavy atom. The highest BCUT2D eigenvalue weighted by molar-refractivity contribution is 6.30. The summed E-state index contributed by atoms with van der Waals surface area (Å²) < 4.78 is 0. The van der Waals surface area contributed by atoms with Crippen molar-refractivity contribution in [2.45, 2.75) is 39.2 Å². The first-order valence-electron chi connectivity index (χ1n) is 9.34. The van der Waals surface area contributed by atoms with Gasteiger partial charge in [-0.25, -0.2) is 9.97 Å². The minimum atomic E-state index is 0.0751. The topological polar surface area (TPSA) is 49.3 Å². The first-order valence-corrected chi connectivity index (χ1v) is 9.72. The van der Waals surface area contributed by atoms with Gasteiger partial charge >= 0.3 is 0 Å². The van der Waals surface area contributed by atoms with Crippen molar-refractivity contribution in [1.82, 2.24) is 19.8 Å². The molecule has 0 bridgehead atoms. The van der Waals surface area contributed by atoms with E-state index in [4.69, 9.17) is 21.6 Å². The zero-order valence-corrected chi connectivity index (χ0v) is 17.3. The van der Waals surface area contributed by atoms with Crippen molar-refractivity contribution in [2.24, 2.45) is 0 Å². The summed E-state index contributed by atoms with van der Waals surface area (Å²) in [4.78, 5) is 25.6. The van der Waals surface area contributed by atoms with Crippen LogP contribution in [0, 0.1) is 13.8 Å². The summed E-state index contributed by atoms with van der Waals surface area (Å²) in [7, 11) is 3.55. The number of halogens is 1. The van der Waals surface area contributed by atoms with Gasteiger partial charge in [-0.3, -0.25) is 9.69 Å². The maximum atomic E-state index is 12.1. The van der Waals surface area contributed by atoms with E-state index in [-0.39, 0.29) is 5.91 Å². The SMILES string of the molecule is Cc1nc([C@H]2CCN(Cc3cccc(Cl)c3)C2)nc(C)c1CC(=O)N(C)C. The van der Waals surface area contributed by atoms with E-state index in [1.54, 1.807) is 19.0 Å². The van der Waals surface area contributed by atoms with E-state index in [1.807, 2.05) is 32.0 Å². The summed E-state index contributed by atoms with van der Waals surface area (Å²) in [6, 6.07) is 8.03. The lowest BCUT2D eigenvalue weighted by molar-refractivity contribution is -0.128. The molecule has 0 saturated carbocycles. The molecule has 27 heavy (non-hydrogen) atoms. The van der Waals surface area contributed by atoms with Crippen LogP contribution in [0.1, 0.15) is 40.7 Å². The standard InChI is InChI=1S/C21H27ClN4O/c1-14-19(11-20(27)25(3)4)15(2)24-21(23-14)17-8-9-26(13-17)12-16-6-5-7-18(22)10-16/h5-7,10,17H,8-9,11-13H2,1-4H3/t17-/m0/s1. The molecule has 0 spiro atoms. The molecule has 1 fully saturated rings. The summed E-state index contributed by atoms with van der Waals surface area (Å²) in [6.07, 6.45) is 1.41. The van der Waals surface area contributed by atoms with Crippen LogP contribution < -0.4 is 0 Å². The zero-order chi connectivity index (χ0) is 19.6. The Morgan fingerprint density at radius 1 is 1.26 bits per heavy atom. The minimum absolute atomic E-state index is 0.0751. The molecule has 1 aromatic carbocycles. The number of aryl methyl sites for hydroxylation is 2. The van der Waals surface area contributed by atoms with Gasteiger partial charge < -0.3 is 4.90 Å². The van der Waals surface area contributed by atoms with Crippen LogP contribution >= 0.6 is 11.6 Å². The molecule has 0 N–H and O–H groups in total. The Labute approximate surface area is 166 Å². The summed E-state index contributed by atoms with van der Waals surface area (Å²) in [5.41, 5.74) is 4.02. The van der Waals surface area contributed by atoms with Gasteiger partial charge in [0, 0.05) is 55.1 Å². The molecule has 6 heteroatoms. The van der Waals surface area contributed by atoms with E-state index in [0.29, 0.717) is 12.3 Å². The van der Waals surface area contributed by atoms with Crippen LogP contribution in [0.4, 0.5) is 0 Å². The molecule has 0 unspecified atom stereocenters. The third-order valence-corrected chi connectivity index (χ3v) is 5.43. The fourth-order valence-electron chi connectivity index (χ4n) is 3.59. The number of hydrogen-bond acceptors (Lipinski definition) is 4. The molecule has 1 atom stereocenters. The molecule has 0 aliphatic carbocycles. The highest BCUT2D eigenvalue weighted by Crippen LogP contribution is 2.27. The first kappa shape index (κ1) is 19.8. The van der Waals surface area contributed by atoms with Crippen molar-refractivity contribution < 1.29 is 4.79 Å². The Bertz CT molecular complexity index is 814. The molecule has 144 valence electrons. The Hall–Kier alpha value is -1.98. The molecular formula is C21H27ClN4O. The van der Waals surface area contributed by atoms with Crippen LogP contribution in [-0.2, 0) is 17.8 Å². The Balaban J connectivity index is 1.69. The summed E-state index contributed by atoms with van der Waals surface area (Å²) in [6.45, 7) is 6.83. The molecule has 1 aliphatic heterocycles. The molecule has 2 aromatic rings. The van der Waals surface area contributed by atoms with Crippen molar-refractivity contribution in [3.05, 3.63) is 57.6 Å². The number of amides is 1. The third-order valence-electron chi connectivity index (χ3n) is 5.20. The second-order valence-electron chi connectivity index (χ2n) is 7.55. The zero-order valence-electron chi connectivity index (χ0n) is 16.5. The predicted molar refractivity (Wildman–Crippen MR) is 108 cm³/mol. The molecule has 3 rings (SSSR count). The Morgan fingerprint density at radius 3 is 2.59 bits per heavy atom. The van der Waals surface area contributed by atoms with Crippen LogP contribution in [0.5, 0.6) is 0 Å². The van der Waals surface area contributed by atoms with Gasteiger partial charge in [-0.1, -0.05) is 23.7 Å². The van der Waals surface area contributed by atoms with Crippen molar-refractivity contribution >= 4 is 17.5 Å². The number of carbonyl (C=O) groups is 1. The van der Waals surface area contributed by atoms with Crippen LogP contribution in [0.2, 0.25) is 5.02 Å². The van der Waals surface area contributed by atoms with Crippen LogP contribution in [0.25, 0.3) is 0 Å². The van der Waals surface area contributed by atoms with E-state index < -0.39 is 0 Å².